The number of ether oxygens (including phenoxy) is 1. The molecule has 1 aromatic rings. The number of carbonyl (C=O) groups is 3. The Morgan fingerprint density at radius 1 is 1.19 bits per heavy atom. The predicted octanol–water partition coefficient (Wildman–Crippen LogP) is 2.53. The van der Waals surface area contributed by atoms with Gasteiger partial charge >= 0.3 is 0 Å². The Morgan fingerprint density at radius 2 is 1.87 bits per heavy atom. The molecule has 31 heavy (non-hydrogen) atoms. The van der Waals surface area contributed by atoms with Crippen molar-refractivity contribution in [2.24, 2.45) is 11.3 Å². The lowest BCUT2D eigenvalue weighted by Crippen LogP contribution is -2.54. The number of hydrogen-bond acceptors (Lipinski definition) is 4. The van der Waals surface area contributed by atoms with Crippen molar-refractivity contribution >= 4 is 17.7 Å². The first-order valence-electron chi connectivity index (χ1n) is 11.0. The molecular formula is C24H37N3O4. The van der Waals surface area contributed by atoms with Crippen LogP contribution in [0.5, 0.6) is 0 Å². The number of piperidine rings is 1. The molecule has 0 bridgehead atoms. The van der Waals surface area contributed by atoms with Crippen molar-refractivity contribution in [3.8, 4) is 0 Å². The van der Waals surface area contributed by atoms with Crippen molar-refractivity contribution in [3.63, 3.8) is 0 Å². The summed E-state index contributed by atoms with van der Waals surface area (Å²) in [4.78, 5) is 40.2. The van der Waals surface area contributed by atoms with E-state index in [-0.39, 0.29) is 29.1 Å². The van der Waals surface area contributed by atoms with E-state index in [4.69, 9.17) is 4.74 Å². The molecule has 0 saturated carbocycles. The van der Waals surface area contributed by atoms with Crippen molar-refractivity contribution in [1.29, 1.82) is 0 Å². The fourth-order valence-corrected chi connectivity index (χ4v) is 3.84. The number of rotatable bonds is 8. The van der Waals surface area contributed by atoms with Crippen molar-refractivity contribution in [3.05, 3.63) is 35.4 Å². The molecule has 1 aliphatic heterocycles. The molecule has 0 radical (unpaired) electrons. The van der Waals surface area contributed by atoms with Crippen molar-refractivity contribution in [2.45, 2.75) is 53.0 Å². The number of likely N-dealkylation sites (tertiary alicyclic amines) is 1. The van der Waals surface area contributed by atoms with Crippen LogP contribution in [-0.4, -0.2) is 62.0 Å². The zero-order chi connectivity index (χ0) is 23.0. The van der Waals surface area contributed by atoms with Crippen LogP contribution >= 0.6 is 0 Å². The van der Waals surface area contributed by atoms with Gasteiger partial charge in [-0.1, -0.05) is 38.5 Å². The lowest BCUT2D eigenvalue weighted by atomic mass is 9.87. The Bertz CT molecular complexity index is 764. The number of methoxy groups -OCH3 is 1. The summed E-state index contributed by atoms with van der Waals surface area (Å²) in [6, 6.07) is 6.66. The smallest absolute Gasteiger partial charge is 0.251 e. The number of benzene rings is 1. The highest BCUT2D eigenvalue weighted by atomic mass is 16.5. The lowest BCUT2D eigenvalue weighted by Gasteiger charge is -2.36. The summed E-state index contributed by atoms with van der Waals surface area (Å²) < 4.78 is 5.01. The molecule has 0 unspecified atom stereocenters. The van der Waals surface area contributed by atoms with Gasteiger partial charge < -0.3 is 20.3 Å². The molecule has 1 atom stereocenters. The zero-order valence-corrected chi connectivity index (χ0v) is 19.5. The Kier molecular flexibility index (Phi) is 9.04. The number of aryl methyl sites for hydroxylation is 1. The van der Waals surface area contributed by atoms with Gasteiger partial charge in [0, 0.05) is 38.7 Å². The van der Waals surface area contributed by atoms with Gasteiger partial charge in [-0.2, -0.15) is 0 Å². The molecule has 1 aliphatic rings. The van der Waals surface area contributed by atoms with Crippen LogP contribution in [0.25, 0.3) is 0 Å². The fraction of sp³-hybridized carbons (Fsp3) is 0.625. The highest BCUT2D eigenvalue weighted by molar-refractivity contribution is 5.97. The van der Waals surface area contributed by atoms with Gasteiger partial charge in [0.05, 0.1) is 6.61 Å². The SMILES string of the molecule is COCCNC(=O)[C@@H](NC(=O)c1cccc(C)c1)C1CCN(C(=O)CC(C)(C)C)CC1. The molecule has 0 aliphatic carbocycles. The summed E-state index contributed by atoms with van der Waals surface area (Å²) in [7, 11) is 1.58. The van der Waals surface area contributed by atoms with E-state index in [0.29, 0.717) is 51.1 Å². The lowest BCUT2D eigenvalue weighted by molar-refractivity contribution is -0.134. The molecule has 7 heteroatoms. The van der Waals surface area contributed by atoms with Gasteiger partial charge in [0.1, 0.15) is 6.04 Å². The number of hydrogen-bond donors (Lipinski definition) is 2. The minimum absolute atomic E-state index is 0.0324. The van der Waals surface area contributed by atoms with Crippen LogP contribution < -0.4 is 10.6 Å². The van der Waals surface area contributed by atoms with E-state index in [2.05, 4.69) is 31.4 Å². The number of carbonyl (C=O) groups excluding carboxylic acids is 3. The molecule has 1 fully saturated rings. The molecular weight excluding hydrogens is 394 g/mol. The number of nitrogens with zero attached hydrogens (tertiary/aromatic N) is 1. The largest absolute Gasteiger partial charge is 0.383 e. The van der Waals surface area contributed by atoms with Crippen LogP contribution in [0.3, 0.4) is 0 Å². The quantitative estimate of drug-likeness (QED) is 0.619. The van der Waals surface area contributed by atoms with Crippen LogP contribution in [0, 0.1) is 18.3 Å². The second-order valence-electron chi connectivity index (χ2n) is 9.56. The molecule has 7 nitrogen and oxygen atoms in total. The molecule has 172 valence electrons. The minimum atomic E-state index is -0.648. The van der Waals surface area contributed by atoms with Crippen LogP contribution in [0.2, 0.25) is 0 Å². The molecule has 1 aromatic carbocycles. The molecule has 3 amide bonds. The van der Waals surface area contributed by atoms with Crippen LogP contribution in [0.4, 0.5) is 0 Å². The van der Waals surface area contributed by atoms with Crippen molar-refractivity contribution in [2.75, 3.05) is 33.4 Å². The zero-order valence-electron chi connectivity index (χ0n) is 19.5. The summed E-state index contributed by atoms with van der Waals surface area (Å²) in [5.74, 6) is -0.356. The summed E-state index contributed by atoms with van der Waals surface area (Å²) in [5, 5.41) is 5.80. The maximum Gasteiger partial charge on any atom is 0.251 e. The second-order valence-corrected chi connectivity index (χ2v) is 9.56. The first kappa shape index (κ1) is 24.9. The monoisotopic (exact) mass is 431 g/mol. The van der Waals surface area contributed by atoms with Gasteiger partial charge in [0.15, 0.2) is 0 Å². The molecule has 0 aromatic heterocycles. The minimum Gasteiger partial charge on any atom is -0.383 e. The maximum atomic E-state index is 12.9. The second kappa shape index (κ2) is 11.3. The van der Waals surface area contributed by atoms with Crippen LogP contribution in [0.15, 0.2) is 24.3 Å². The topological polar surface area (TPSA) is 87.7 Å². The molecule has 2 rings (SSSR count). The Labute approximate surface area is 185 Å². The van der Waals surface area contributed by atoms with Crippen LogP contribution in [0.1, 0.15) is 56.0 Å². The third-order valence-electron chi connectivity index (χ3n) is 5.50. The van der Waals surface area contributed by atoms with Crippen LogP contribution in [-0.2, 0) is 14.3 Å². The van der Waals surface area contributed by atoms with Gasteiger partial charge in [-0.05, 0) is 43.2 Å². The highest BCUT2D eigenvalue weighted by Gasteiger charge is 2.34. The fourth-order valence-electron chi connectivity index (χ4n) is 3.84. The van der Waals surface area contributed by atoms with Crippen molar-refractivity contribution < 1.29 is 19.1 Å². The normalized spacial score (nSPS) is 16.0. The Balaban J connectivity index is 2.06. The summed E-state index contributed by atoms with van der Waals surface area (Å²) >= 11 is 0. The maximum absolute atomic E-state index is 12.9. The molecule has 1 heterocycles. The number of nitrogens with one attached hydrogen (secondary N) is 2. The van der Waals surface area contributed by atoms with E-state index < -0.39 is 6.04 Å². The van der Waals surface area contributed by atoms with Gasteiger partial charge in [0.2, 0.25) is 11.8 Å². The number of amides is 3. The molecule has 2 N–H and O–H groups in total. The van der Waals surface area contributed by atoms with Gasteiger partial charge in [-0.3, -0.25) is 14.4 Å². The van der Waals surface area contributed by atoms with E-state index in [1.165, 1.54) is 0 Å². The highest BCUT2D eigenvalue weighted by Crippen LogP contribution is 2.25. The van der Waals surface area contributed by atoms with Gasteiger partial charge in [-0.15, -0.1) is 0 Å². The standard InChI is InChI=1S/C24H37N3O4/c1-17-7-6-8-19(15-17)22(29)26-21(23(30)25-11-14-31-5)18-9-12-27(13-10-18)20(28)16-24(2,3)4/h6-8,15,18,21H,9-14,16H2,1-5H3,(H,25,30)(H,26,29)/t21-/m0/s1. The predicted molar refractivity (Wildman–Crippen MR) is 121 cm³/mol. The Morgan fingerprint density at radius 3 is 2.45 bits per heavy atom. The molecule has 0 spiro atoms. The average Bonchev–Trinajstić information content (AvgIpc) is 2.71. The van der Waals surface area contributed by atoms with E-state index in [1.807, 2.05) is 30.0 Å². The van der Waals surface area contributed by atoms with E-state index in [0.717, 1.165) is 5.56 Å². The van der Waals surface area contributed by atoms with Gasteiger partial charge in [0.25, 0.3) is 5.91 Å². The third kappa shape index (κ3) is 7.98. The summed E-state index contributed by atoms with van der Waals surface area (Å²) in [6.45, 7) is 10.1. The third-order valence-corrected chi connectivity index (χ3v) is 5.50. The Hall–Kier alpha value is -2.41. The van der Waals surface area contributed by atoms with E-state index in [1.54, 1.807) is 13.2 Å². The molecule has 1 saturated heterocycles. The van der Waals surface area contributed by atoms with Gasteiger partial charge in [-0.25, -0.2) is 0 Å². The summed E-state index contributed by atoms with van der Waals surface area (Å²) in [6.07, 6.45) is 1.85. The first-order valence-corrected chi connectivity index (χ1v) is 11.0. The average molecular weight is 432 g/mol. The first-order chi connectivity index (χ1) is 14.6. The van der Waals surface area contributed by atoms with Crippen molar-refractivity contribution in [1.82, 2.24) is 15.5 Å². The van der Waals surface area contributed by atoms with E-state index in [9.17, 15) is 14.4 Å². The summed E-state index contributed by atoms with van der Waals surface area (Å²) in [5.41, 5.74) is 1.46. The van der Waals surface area contributed by atoms with E-state index >= 15 is 0 Å².